The zero-order valence-electron chi connectivity index (χ0n) is 13.4. The minimum absolute atomic E-state index is 0.156. The largest absolute Gasteiger partial charge is 0.453 e. The highest BCUT2D eigenvalue weighted by Crippen LogP contribution is 2.36. The van der Waals surface area contributed by atoms with E-state index in [9.17, 15) is 14.0 Å². The summed E-state index contributed by atoms with van der Waals surface area (Å²) in [7, 11) is 0. The van der Waals surface area contributed by atoms with Crippen molar-refractivity contribution in [3.05, 3.63) is 73.3 Å². The molecule has 0 aliphatic rings. The highest BCUT2D eigenvalue weighted by Gasteiger charge is 2.19. The summed E-state index contributed by atoms with van der Waals surface area (Å²) in [6, 6.07) is 8.78. The van der Waals surface area contributed by atoms with E-state index in [2.05, 4.69) is 9.97 Å². The predicted molar refractivity (Wildman–Crippen MR) is 103 cm³/mol. The Bertz CT molecular complexity index is 1270. The third-order valence-corrected chi connectivity index (χ3v) is 5.71. The molecule has 4 rings (SSSR count). The minimum Gasteiger partial charge on any atom is -0.453 e. The van der Waals surface area contributed by atoms with E-state index in [1.807, 2.05) is 0 Å². The number of halogens is 3. The molecule has 0 unspecified atom stereocenters. The number of fused-ring (bicyclic) bond motifs is 2. The molecular formula is C18H9Cl2FN2O3S. The van der Waals surface area contributed by atoms with Crippen molar-refractivity contribution in [1.82, 2.24) is 9.97 Å². The Morgan fingerprint density at radius 3 is 2.78 bits per heavy atom. The van der Waals surface area contributed by atoms with Gasteiger partial charge in [0.05, 0.1) is 15.9 Å². The first kappa shape index (κ1) is 17.9. The molecule has 0 saturated heterocycles. The number of esters is 1. The van der Waals surface area contributed by atoms with E-state index < -0.39 is 11.8 Å². The third kappa shape index (κ3) is 3.41. The quantitative estimate of drug-likeness (QED) is 0.474. The number of ether oxygens (including phenoxy) is 1. The van der Waals surface area contributed by atoms with Gasteiger partial charge in [0.15, 0.2) is 0 Å². The minimum atomic E-state index is -0.685. The van der Waals surface area contributed by atoms with Gasteiger partial charge in [0.2, 0.25) is 0 Å². The summed E-state index contributed by atoms with van der Waals surface area (Å²) in [5.41, 5.74) is 0.0331. The molecule has 4 aromatic rings. The molecule has 0 radical (unpaired) electrons. The van der Waals surface area contributed by atoms with Gasteiger partial charge in [0, 0.05) is 15.1 Å². The van der Waals surface area contributed by atoms with Gasteiger partial charge in [-0.1, -0.05) is 23.2 Å². The van der Waals surface area contributed by atoms with E-state index in [1.165, 1.54) is 18.2 Å². The molecule has 1 N–H and O–H groups in total. The van der Waals surface area contributed by atoms with Crippen molar-refractivity contribution >= 4 is 61.5 Å². The standard InChI is InChI=1S/C18H9Cl2FN2O3S/c19-8-1-3-10-12(5-8)22-14(23-17(10)24)7-26-18(25)16-15(20)11-4-2-9(21)6-13(11)27-16/h1-6H,7H2,(H,22,23,24). The molecule has 5 nitrogen and oxygen atoms in total. The van der Waals surface area contributed by atoms with Gasteiger partial charge in [0.1, 0.15) is 23.1 Å². The van der Waals surface area contributed by atoms with Crippen molar-refractivity contribution in [2.45, 2.75) is 6.61 Å². The molecule has 0 spiro atoms. The third-order valence-electron chi connectivity index (χ3n) is 3.83. The molecule has 2 aromatic heterocycles. The van der Waals surface area contributed by atoms with Crippen LogP contribution in [0.4, 0.5) is 4.39 Å². The summed E-state index contributed by atoms with van der Waals surface area (Å²) < 4.78 is 19.1. The van der Waals surface area contributed by atoms with Crippen LogP contribution in [0.5, 0.6) is 0 Å². The summed E-state index contributed by atoms with van der Waals surface area (Å²) in [5.74, 6) is -0.932. The zero-order valence-corrected chi connectivity index (χ0v) is 15.7. The van der Waals surface area contributed by atoms with E-state index in [1.54, 1.807) is 18.2 Å². The van der Waals surface area contributed by atoms with Gasteiger partial charge in [0.25, 0.3) is 5.56 Å². The Morgan fingerprint density at radius 2 is 1.96 bits per heavy atom. The summed E-state index contributed by atoms with van der Waals surface area (Å²) >= 11 is 13.2. The second-order valence-electron chi connectivity index (χ2n) is 5.64. The van der Waals surface area contributed by atoms with Crippen LogP contribution in [0.3, 0.4) is 0 Å². The van der Waals surface area contributed by atoms with Gasteiger partial charge in [-0.2, -0.15) is 0 Å². The lowest BCUT2D eigenvalue weighted by molar-refractivity contribution is 0.0468. The van der Waals surface area contributed by atoms with Gasteiger partial charge in [-0.3, -0.25) is 4.79 Å². The predicted octanol–water partition coefficient (Wildman–Crippen LogP) is 4.94. The second kappa shape index (κ2) is 6.92. The van der Waals surface area contributed by atoms with Crippen LogP contribution in [-0.2, 0) is 11.3 Å². The number of carbonyl (C=O) groups is 1. The molecule has 0 aliphatic carbocycles. The van der Waals surface area contributed by atoms with Crippen molar-refractivity contribution < 1.29 is 13.9 Å². The molecule has 0 aliphatic heterocycles. The van der Waals surface area contributed by atoms with Crippen molar-refractivity contribution in [2.75, 3.05) is 0 Å². The Kier molecular flexibility index (Phi) is 4.59. The molecule has 136 valence electrons. The average molecular weight is 423 g/mol. The molecule has 2 aromatic carbocycles. The summed E-state index contributed by atoms with van der Waals surface area (Å²) in [6.07, 6.45) is 0. The van der Waals surface area contributed by atoms with Crippen LogP contribution in [-0.4, -0.2) is 15.9 Å². The van der Waals surface area contributed by atoms with Gasteiger partial charge in [-0.25, -0.2) is 14.2 Å². The fraction of sp³-hybridized carbons (Fsp3) is 0.0556. The number of aromatic amines is 1. The molecule has 0 fully saturated rings. The molecule has 9 heteroatoms. The van der Waals surface area contributed by atoms with E-state index in [0.29, 0.717) is 26.0 Å². The molecule has 0 atom stereocenters. The maximum absolute atomic E-state index is 13.3. The van der Waals surface area contributed by atoms with Gasteiger partial charge >= 0.3 is 5.97 Å². The molecule has 0 amide bonds. The maximum Gasteiger partial charge on any atom is 0.350 e. The van der Waals surface area contributed by atoms with Crippen molar-refractivity contribution in [3.8, 4) is 0 Å². The van der Waals surface area contributed by atoms with E-state index in [-0.39, 0.29) is 27.9 Å². The second-order valence-corrected chi connectivity index (χ2v) is 7.50. The van der Waals surface area contributed by atoms with Crippen LogP contribution in [0.1, 0.15) is 15.5 Å². The lowest BCUT2D eigenvalue weighted by Crippen LogP contribution is -2.14. The normalized spacial score (nSPS) is 11.2. The monoisotopic (exact) mass is 422 g/mol. The number of nitrogens with zero attached hydrogens (tertiary/aromatic N) is 1. The van der Waals surface area contributed by atoms with Crippen molar-refractivity contribution in [1.29, 1.82) is 0 Å². The fourth-order valence-corrected chi connectivity index (χ4v) is 4.19. The van der Waals surface area contributed by atoms with Gasteiger partial charge < -0.3 is 9.72 Å². The van der Waals surface area contributed by atoms with Crippen LogP contribution >= 0.6 is 34.5 Å². The average Bonchev–Trinajstić information content (AvgIpc) is 2.95. The van der Waals surface area contributed by atoms with Crippen LogP contribution in [0.15, 0.2) is 41.2 Å². The first-order valence-electron chi connectivity index (χ1n) is 7.65. The Labute approximate surface area is 165 Å². The first-order valence-corrected chi connectivity index (χ1v) is 9.23. The number of rotatable bonds is 3. The topological polar surface area (TPSA) is 72.0 Å². The van der Waals surface area contributed by atoms with Crippen LogP contribution in [0, 0.1) is 5.82 Å². The van der Waals surface area contributed by atoms with Crippen LogP contribution in [0.25, 0.3) is 21.0 Å². The number of hydrogen-bond donors (Lipinski definition) is 1. The number of aromatic nitrogens is 2. The highest BCUT2D eigenvalue weighted by atomic mass is 35.5. The van der Waals surface area contributed by atoms with E-state index in [0.717, 1.165) is 11.3 Å². The van der Waals surface area contributed by atoms with Crippen LogP contribution < -0.4 is 5.56 Å². The molecule has 0 saturated carbocycles. The summed E-state index contributed by atoms with van der Waals surface area (Å²) in [4.78, 5) is 31.4. The van der Waals surface area contributed by atoms with E-state index in [4.69, 9.17) is 27.9 Å². The number of H-pyrrole nitrogens is 1. The number of nitrogens with one attached hydrogen (secondary N) is 1. The fourth-order valence-electron chi connectivity index (χ4n) is 2.60. The SMILES string of the molecule is O=C(OCc1nc2cc(Cl)ccc2c(=O)[nH]1)c1sc2cc(F)ccc2c1Cl. The Hall–Kier alpha value is -2.48. The van der Waals surface area contributed by atoms with Crippen LogP contribution in [0.2, 0.25) is 10.0 Å². The smallest absolute Gasteiger partial charge is 0.350 e. The number of benzene rings is 2. The molecular weight excluding hydrogens is 414 g/mol. The Morgan fingerprint density at radius 1 is 1.19 bits per heavy atom. The van der Waals surface area contributed by atoms with Crippen molar-refractivity contribution in [3.63, 3.8) is 0 Å². The summed E-state index contributed by atoms with van der Waals surface area (Å²) in [6.45, 7) is -0.255. The number of hydrogen-bond acceptors (Lipinski definition) is 5. The lowest BCUT2D eigenvalue weighted by Gasteiger charge is -2.05. The van der Waals surface area contributed by atoms with E-state index >= 15 is 0 Å². The van der Waals surface area contributed by atoms with Gasteiger partial charge in [-0.05, 0) is 36.4 Å². The molecule has 0 bridgehead atoms. The highest BCUT2D eigenvalue weighted by molar-refractivity contribution is 7.21. The molecule has 2 heterocycles. The molecule has 27 heavy (non-hydrogen) atoms. The summed E-state index contributed by atoms with van der Waals surface area (Å²) in [5, 5.41) is 1.59. The lowest BCUT2D eigenvalue weighted by atomic mass is 10.2. The number of thiophene rings is 1. The van der Waals surface area contributed by atoms with Crippen molar-refractivity contribution in [2.24, 2.45) is 0 Å². The van der Waals surface area contributed by atoms with Gasteiger partial charge in [-0.15, -0.1) is 11.3 Å². The zero-order chi connectivity index (χ0) is 19.1. The Balaban J connectivity index is 1.60. The first-order chi connectivity index (χ1) is 12.9. The number of carbonyl (C=O) groups excluding carboxylic acids is 1. The maximum atomic E-state index is 13.3.